The summed E-state index contributed by atoms with van der Waals surface area (Å²) in [4.78, 5) is 10.3. The van der Waals surface area contributed by atoms with Crippen LogP contribution in [0.2, 0.25) is 0 Å². The summed E-state index contributed by atoms with van der Waals surface area (Å²) >= 11 is 0. The lowest BCUT2D eigenvalue weighted by Crippen LogP contribution is -2.10. The molecule has 0 atom stereocenters. The van der Waals surface area contributed by atoms with E-state index >= 15 is 0 Å². The van der Waals surface area contributed by atoms with Crippen LogP contribution >= 0.6 is 0 Å². The molecule has 0 saturated carbocycles. The van der Waals surface area contributed by atoms with Gasteiger partial charge in [-0.2, -0.15) is 0 Å². The minimum absolute atomic E-state index is 0.245. The largest absolute Gasteiger partial charge is 0.369 e. The molecule has 1 amide bonds. The van der Waals surface area contributed by atoms with E-state index in [4.69, 9.17) is 5.73 Å². The van der Waals surface area contributed by atoms with Crippen LogP contribution in [-0.2, 0) is 4.79 Å². The van der Waals surface area contributed by atoms with Gasteiger partial charge in [0.15, 0.2) is 0 Å². The summed E-state index contributed by atoms with van der Waals surface area (Å²) in [6, 6.07) is 0. The van der Waals surface area contributed by atoms with Gasteiger partial charge in [-0.25, -0.2) is 0 Å². The van der Waals surface area contributed by atoms with Gasteiger partial charge in [0.2, 0.25) is 5.91 Å². The van der Waals surface area contributed by atoms with Crippen molar-refractivity contribution in [1.82, 2.24) is 0 Å². The van der Waals surface area contributed by atoms with E-state index in [0.29, 0.717) is 6.42 Å². The lowest BCUT2D eigenvalue weighted by molar-refractivity contribution is -0.117. The third kappa shape index (κ3) is 3.76. The summed E-state index contributed by atoms with van der Waals surface area (Å²) in [5.74, 6) is -0.245. The fraction of sp³-hybridized carbons (Fsp3) is 0.571. The quantitative estimate of drug-likeness (QED) is 0.569. The standard InChI is InChI=1S/C7H13NO/c1-3-6(4-2)5-7(8)9/h3H,4-5H2,1-2H3,(H2,8,9)/b6-3+. The lowest BCUT2D eigenvalue weighted by Gasteiger charge is -1.96. The summed E-state index contributed by atoms with van der Waals surface area (Å²) in [6.07, 6.45) is 3.26. The highest BCUT2D eigenvalue weighted by molar-refractivity contribution is 5.76. The van der Waals surface area contributed by atoms with E-state index in [9.17, 15) is 4.79 Å². The highest BCUT2D eigenvalue weighted by atomic mass is 16.1. The molecule has 0 heterocycles. The topological polar surface area (TPSA) is 43.1 Å². The van der Waals surface area contributed by atoms with E-state index < -0.39 is 0 Å². The van der Waals surface area contributed by atoms with Gasteiger partial charge >= 0.3 is 0 Å². The first-order valence-electron chi connectivity index (χ1n) is 3.13. The van der Waals surface area contributed by atoms with Gasteiger partial charge in [-0.15, -0.1) is 0 Å². The molecular weight excluding hydrogens is 114 g/mol. The van der Waals surface area contributed by atoms with Gasteiger partial charge in [-0.1, -0.05) is 18.6 Å². The van der Waals surface area contributed by atoms with Crippen molar-refractivity contribution >= 4 is 5.91 Å². The monoisotopic (exact) mass is 127 g/mol. The van der Waals surface area contributed by atoms with E-state index in [1.54, 1.807) is 0 Å². The van der Waals surface area contributed by atoms with Gasteiger partial charge in [0.1, 0.15) is 0 Å². The Balaban J connectivity index is 3.71. The number of carbonyl (C=O) groups excluding carboxylic acids is 1. The molecule has 52 valence electrons. The molecule has 2 heteroatoms. The number of nitrogens with two attached hydrogens (primary N) is 1. The molecule has 0 saturated heterocycles. The summed E-state index contributed by atoms with van der Waals surface area (Å²) < 4.78 is 0. The minimum Gasteiger partial charge on any atom is -0.369 e. The fourth-order valence-corrected chi connectivity index (χ4v) is 0.655. The second-order valence-corrected chi connectivity index (χ2v) is 1.94. The van der Waals surface area contributed by atoms with E-state index in [1.807, 2.05) is 19.9 Å². The van der Waals surface area contributed by atoms with Crippen LogP contribution < -0.4 is 5.73 Å². The van der Waals surface area contributed by atoms with Crippen molar-refractivity contribution in [3.05, 3.63) is 11.6 Å². The molecule has 0 aromatic heterocycles. The molecular formula is C7H13NO. The maximum absolute atomic E-state index is 10.3. The Kier molecular flexibility index (Phi) is 3.76. The maximum atomic E-state index is 10.3. The number of amides is 1. The van der Waals surface area contributed by atoms with Crippen LogP contribution in [-0.4, -0.2) is 5.91 Å². The Labute approximate surface area is 55.7 Å². The lowest BCUT2D eigenvalue weighted by atomic mass is 10.1. The van der Waals surface area contributed by atoms with E-state index in [2.05, 4.69) is 0 Å². The molecule has 2 nitrogen and oxygen atoms in total. The molecule has 0 unspecified atom stereocenters. The Morgan fingerprint density at radius 3 is 2.33 bits per heavy atom. The number of allylic oxidation sites excluding steroid dienone is 1. The maximum Gasteiger partial charge on any atom is 0.221 e. The van der Waals surface area contributed by atoms with Crippen molar-refractivity contribution in [2.75, 3.05) is 0 Å². The van der Waals surface area contributed by atoms with E-state index in [0.717, 1.165) is 12.0 Å². The van der Waals surface area contributed by atoms with Crippen molar-refractivity contribution in [2.24, 2.45) is 5.73 Å². The minimum atomic E-state index is -0.245. The molecule has 2 N–H and O–H groups in total. The summed E-state index contributed by atoms with van der Waals surface area (Å²) in [7, 11) is 0. The SMILES string of the molecule is C/C=C(\CC)CC(N)=O. The predicted octanol–water partition coefficient (Wildman–Crippen LogP) is 1.22. The molecule has 0 bridgehead atoms. The first-order chi connectivity index (χ1) is 4.20. The summed E-state index contributed by atoms with van der Waals surface area (Å²) in [6.45, 7) is 3.93. The normalized spacial score (nSPS) is 11.6. The number of hydrogen-bond acceptors (Lipinski definition) is 1. The van der Waals surface area contributed by atoms with Gasteiger partial charge in [-0.3, -0.25) is 4.79 Å². The number of primary amides is 1. The smallest absolute Gasteiger partial charge is 0.221 e. The predicted molar refractivity (Wildman–Crippen MR) is 37.9 cm³/mol. The third-order valence-corrected chi connectivity index (χ3v) is 1.26. The summed E-state index contributed by atoms with van der Waals surface area (Å²) in [5, 5.41) is 0. The Morgan fingerprint density at radius 2 is 2.22 bits per heavy atom. The molecule has 0 spiro atoms. The Bertz CT molecular complexity index is 127. The van der Waals surface area contributed by atoms with Gasteiger partial charge in [0.05, 0.1) is 0 Å². The van der Waals surface area contributed by atoms with E-state index in [-0.39, 0.29) is 5.91 Å². The Morgan fingerprint density at radius 1 is 1.67 bits per heavy atom. The molecule has 0 aliphatic carbocycles. The van der Waals surface area contributed by atoms with Crippen LogP contribution in [0.3, 0.4) is 0 Å². The first-order valence-corrected chi connectivity index (χ1v) is 3.13. The van der Waals surface area contributed by atoms with Crippen LogP contribution in [0, 0.1) is 0 Å². The average Bonchev–Trinajstić information content (AvgIpc) is 1.82. The third-order valence-electron chi connectivity index (χ3n) is 1.26. The number of carbonyl (C=O) groups is 1. The molecule has 0 aliphatic heterocycles. The zero-order valence-electron chi connectivity index (χ0n) is 5.98. The molecule has 0 aromatic rings. The number of hydrogen-bond donors (Lipinski definition) is 1. The highest BCUT2D eigenvalue weighted by Gasteiger charge is 1.96. The van der Waals surface area contributed by atoms with Gasteiger partial charge < -0.3 is 5.73 Å². The van der Waals surface area contributed by atoms with Crippen LogP contribution in [0.4, 0.5) is 0 Å². The van der Waals surface area contributed by atoms with Crippen LogP contribution in [0.5, 0.6) is 0 Å². The fourth-order valence-electron chi connectivity index (χ4n) is 0.655. The van der Waals surface area contributed by atoms with Crippen molar-refractivity contribution < 1.29 is 4.79 Å². The van der Waals surface area contributed by atoms with Gasteiger partial charge in [0.25, 0.3) is 0 Å². The van der Waals surface area contributed by atoms with Crippen molar-refractivity contribution in [3.63, 3.8) is 0 Å². The molecule has 0 fully saturated rings. The second-order valence-electron chi connectivity index (χ2n) is 1.94. The van der Waals surface area contributed by atoms with Crippen molar-refractivity contribution in [3.8, 4) is 0 Å². The highest BCUT2D eigenvalue weighted by Crippen LogP contribution is 2.03. The van der Waals surface area contributed by atoms with E-state index in [1.165, 1.54) is 0 Å². The van der Waals surface area contributed by atoms with Gasteiger partial charge in [0, 0.05) is 6.42 Å². The molecule has 0 aromatic carbocycles. The van der Waals surface area contributed by atoms with Crippen molar-refractivity contribution in [2.45, 2.75) is 26.7 Å². The molecule has 9 heavy (non-hydrogen) atoms. The first kappa shape index (κ1) is 8.21. The molecule has 0 radical (unpaired) electrons. The van der Waals surface area contributed by atoms with Crippen LogP contribution in [0.15, 0.2) is 11.6 Å². The van der Waals surface area contributed by atoms with Crippen LogP contribution in [0.1, 0.15) is 26.7 Å². The van der Waals surface area contributed by atoms with Crippen molar-refractivity contribution in [1.29, 1.82) is 0 Å². The van der Waals surface area contributed by atoms with Gasteiger partial charge in [-0.05, 0) is 13.3 Å². The van der Waals surface area contributed by atoms with Crippen LogP contribution in [0.25, 0.3) is 0 Å². The average molecular weight is 127 g/mol. The molecule has 0 aliphatic rings. The summed E-state index contributed by atoms with van der Waals surface area (Å²) in [5.41, 5.74) is 6.08. The second kappa shape index (κ2) is 4.13. The number of rotatable bonds is 3. The zero-order valence-corrected chi connectivity index (χ0v) is 5.98. The zero-order chi connectivity index (χ0) is 7.28. The molecule has 0 rings (SSSR count). The Hall–Kier alpha value is -0.790.